The second kappa shape index (κ2) is 4.63. The lowest BCUT2D eigenvalue weighted by Crippen LogP contribution is -2.22. The zero-order valence-electron chi connectivity index (χ0n) is 8.58. The van der Waals surface area contributed by atoms with Crippen LogP contribution in [-0.4, -0.2) is 15.8 Å². The van der Waals surface area contributed by atoms with Crippen LogP contribution in [-0.2, 0) is 0 Å². The Bertz CT molecular complexity index is 470. The summed E-state index contributed by atoms with van der Waals surface area (Å²) in [7, 11) is 0. The van der Waals surface area contributed by atoms with Crippen molar-refractivity contribution in [1.82, 2.24) is 9.97 Å². The van der Waals surface area contributed by atoms with Crippen molar-refractivity contribution in [3.05, 3.63) is 60.2 Å². The molecular weight excluding hydrogens is 202 g/mol. The van der Waals surface area contributed by atoms with Crippen molar-refractivity contribution in [1.29, 1.82) is 0 Å². The average Bonchev–Trinajstić information content (AvgIpc) is 2.39. The average molecular weight is 213 g/mol. The number of benzene rings is 1. The van der Waals surface area contributed by atoms with E-state index in [-0.39, 0.29) is 5.78 Å². The van der Waals surface area contributed by atoms with Gasteiger partial charge in [0.2, 0.25) is 5.78 Å². The van der Waals surface area contributed by atoms with E-state index < -0.39 is 6.04 Å². The van der Waals surface area contributed by atoms with Crippen LogP contribution in [0.1, 0.15) is 22.1 Å². The maximum atomic E-state index is 11.9. The van der Waals surface area contributed by atoms with Crippen molar-refractivity contribution in [2.24, 2.45) is 5.73 Å². The SMILES string of the molecule is N[C@@H](C(=O)c1cnccn1)c1ccccc1. The van der Waals surface area contributed by atoms with Crippen molar-refractivity contribution in [2.75, 3.05) is 0 Å². The third-order valence-corrected chi connectivity index (χ3v) is 2.26. The van der Waals surface area contributed by atoms with Gasteiger partial charge in [-0.3, -0.25) is 9.78 Å². The number of rotatable bonds is 3. The lowest BCUT2D eigenvalue weighted by atomic mass is 10.0. The lowest BCUT2D eigenvalue weighted by molar-refractivity contribution is 0.0956. The molecule has 0 saturated carbocycles. The maximum absolute atomic E-state index is 11.9. The predicted octanol–water partition coefficient (Wildman–Crippen LogP) is 1.36. The Balaban J connectivity index is 2.24. The molecule has 0 aliphatic carbocycles. The summed E-state index contributed by atoms with van der Waals surface area (Å²) in [5, 5.41) is 0. The van der Waals surface area contributed by atoms with Gasteiger partial charge in [0, 0.05) is 12.4 Å². The van der Waals surface area contributed by atoms with E-state index in [2.05, 4.69) is 9.97 Å². The first kappa shape index (κ1) is 10.4. The number of hydrogen-bond donors (Lipinski definition) is 1. The van der Waals surface area contributed by atoms with Crippen LogP contribution in [0.25, 0.3) is 0 Å². The Hall–Kier alpha value is -2.07. The Labute approximate surface area is 93.2 Å². The van der Waals surface area contributed by atoms with Crippen molar-refractivity contribution in [3.8, 4) is 0 Å². The number of carbonyl (C=O) groups excluding carboxylic acids is 1. The van der Waals surface area contributed by atoms with E-state index in [0.717, 1.165) is 5.56 Å². The molecule has 1 atom stereocenters. The highest BCUT2D eigenvalue weighted by Crippen LogP contribution is 2.13. The van der Waals surface area contributed by atoms with E-state index in [9.17, 15) is 4.79 Å². The highest BCUT2D eigenvalue weighted by molar-refractivity contribution is 5.98. The second-order valence-electron chi connectivity index (χ2n) is 3.34. The van der Waals surface area contributed by atoms with E-state index in [1.54, 1.807) is 0 Å². The molecule has 4 heteroatoms. The minimum absolute atomic E-state index is 0.223. The molecule has 1 aromatic carbocycles. The van der Waals surface area contributed by atoms with Crippen LogP contribution < -0.4 is 5.73 Å². The monoisotopic (exact) mass is 213 g/mol. The highest BCUT2D eigenvalue weighted by atomic mass is 16.1. The van der Waals surface area contributed by atoms with Crippen molar-refractivity contribution in [3.63, 3.8) is 0 Å². The molecule has 0 radical (unpaired) electrons. The summed E-state index contributed by atoms with van der Waals surface area (Å²) < 4.78 is 0. The Morgan fingerprint density at radius 3 is 2.56 bits per heavy atom. The molecule has 4 nitrogen and oxygen atoms in total. The summed E-state index contributed by atoms with van der Waals surface area (Å²) in [4.78, 5) is 19.7. The van der Waals surface area contributed by atoms with Gasteiger partial charge in [0.1, 0.15) is 5.69 Å². The molecule has 80 valence electrons. The molecule has 0 aliphatic heterocycles. The van der Waals surface area contributed by atoms with Gasteiger partial charge in [-0.25, -0.2) is 4.98 Å². The van der Waals surface area contributed by atoms with Gasteiger partial charge in [-0.05, 0) is 5.56 Å². The van der Waals surface area contributed by atoms with Gasteiger partial charge >= 0.3 is 0 Å². The van der Waals surface area contributed by atoms with E-state index in [0.29, 0.717) is 5.69 Å². The standard InChI is InChI=1S/C12H11N3O/c13-11(9-4-2-1-3-5-9)12(16)10-8-14-6-7-15-10/h1-8,11H,13H2/t11-/m1/s1. The number of carbonyl (C=O) groups is 1. The van der Waals surface area contributed by atoms with Gasteiger partial charge in [0.05, 0.1) is 12.2 Å². The van der Waals surface area contributed by atoms with E-state index >= 15 is 0 Å². The zero-order chi connectivity index (χ0) is 11.4. The summed E-state index contributed by atoms with van der Waals surface area (Å²) >= 11 is 0. The van der Waals surface area contributed by atoms with Gasteiger partial charge in [0.15, 0.2) is 0 Å². The summed E-state index contributed by atoms with van der Waals surface area (Å²) in [5.74, 6) is -0.223. The quantitative estimate of drug-likeness (QED) is 0.781. The molecule has 0 spiro atoms. The molecule has 0 amide bonds. The van der Waals surface area contributed by atoms with Crippen LogP contribution in [0.15, 0.2) is 48.9 Å². The molecule has 2 N–H and O–H groups in total. The van der Waals surface area contributed by atoms with Crippen LogP contribution >= 0.6 is 0 Å². The van der Waals surface area contributed by atoms with Gasteiger partial charge in [-0.15, -0.1) is 0 Å². The molecule has 0 bridgehead atoms. The third kappa shape index (κ3) is 2.12. The molecule has 1 heterocycles. The topological polar surface area (TPSA) is 68.9 Å². The minimum Gasteiger partial charge on any atom is -0.317 e. The normalized spacial score (nSPS) is 12.1. The van der Waals surface area contributed by atoms with Crippen molar-refractivity contribution in [2.45, 2.75) is 6.04 Å². The molecule has 1 aromatic heterocycles. The van der Waals surface area contributed by atoms with Crippen LogP contribution in [0.3, 0.4) is 0 Å². The highest BCUT2D eigenvalue weighted by Gasteiger charge is 2.18. The first-order valence-electron chi connectivity index (χ1n) is 4.90. The van der Waals surface area contributed by atoms with Gasteiger partial charge in [-0.2, -0.15) is 0 Å². The molecule has 0 fully saturated rings. The summed E-state index contributed by atoms with van der Waals surface area (Å²) in [5.41, 5.74) is 6.92. The van der Waals surface area contributed by atoms with E-state index in [1.807, 2.05) is 30.3 Å². The first-order chi connectivity index (χ1) is 7.79. The molecule has 0 unspecified atom stereocenters. The van der Waals surface area contributed by atoms with E-state index in [1.165, 1.54) is 18.6 Å². The largest absolute Gasteiger partial charge is 0.317 e. The zero-order valence-corrected chi connectivity index (χ0v) is 8.58. The summed E-state index contributed by atoms with van der Waals surface area (Å²) in [6.07, 6.45) is 4.42. The number of nitrogens with zero attached hydrogens (tertiary/aromatic N) is 2. The number of hydrogen-bond acceptors (Lipinski definition) is 4. The fourth-order valence-electron chi connectivity index (χ4n) is 1.40. The molecule has 0 aliphatic rings. The summed E-state index contributed by atoms with van der Waals surface area (Å²) in [6.45, 7) is 0. The van der Waals surface area contributed by atoms with Gasteiger partial charge in [0.25, 0.3) is 0 Å². The van der Waals surface area contributed by atoms with E-state index in [4.69, 9.17) is 5.73 Å². The van der Waals surface area contributed by atoms with Crippen molar-refractivity contribution >= 4 is 5.78 Å². The number of aromatic nitrogens is 2. The Kier molecular flexibility index (Phi) is 3.03. The van der Waals surface area contributed by atoms with Crippen LogP contribution in [0, 0.1) is 0 Å². The molecule has 16 heavy (non-hydrogen) atoms. The van der Waals surface area contributed by atoms with Gasteiger partial charge in [-0.1, -0.05) is 30.3 Å². The smallest absolute Gasteiger partial charge is 0.203 e. The fourth-order valence-corrected chi connectivity index (χ4v) is 1.40. The fraction of sp³-hybridized carbons (Fsp3) is 0.0833. The maximum Gasteiger partial charge on any atom is 0.203 e. The predicted molar refractivity (Wildman–Crippen MR) is 59.7 cm³/mol. The van der Waals surface area contributed by atoms with Gasteiger partial charge < -0.3 is 5.73 Å². The number of ketones is 1. The number of nitrogens with two attached hydrogens (primary N) is 1. The summed E-state index contributed by atoms with van der Waals surface area (Å²) in [6, 6.07) is 8.53. The minimum atomic E-state index is -0.683. The van der Waals surface area contributed by atoms with Crippen LogP contribution in [0.5, 0.6) is 0 Å². The van der Waals surface area contributed by atoms with Crippen LogP contribution in [0.4, 0.5) is 0 Å². The molecular formula is C12H11N3O. The molecule has 0 saturated heterocycles. The Morgan fingerprint density at radius 2 is 1.94 bits per heavy atom. The molecule has 2 rings (SSSR count). The third-order valence-electron chi connectivity index (χ3n) is 2.26. The Morgan fingerprint density at radius 1 is 1.19 bits per heavy atom. The molecule has 2 aromatic rings. The second-order valence-corrected chi connectivity index (χ2v) is 3.34. The number of Topliss-reactive ketones (excluding diaryl/α,β-unsaturated/α-hetero) is 1. The van der Waals surface area contributed by atoms with Crippen molar-refractivity contribution < 1.29 is 4.79 Å². The lowest BCUT2D eigenvalue weighted by Gasteiger charge is -2.09. The first-order valence-corrected chi connectivity index (χ1v) is 4.90. The van der Waals surface area contributed by atoms with Crippen LogP contribution in [0.2, 0.25) is 0 Å².